The number of benzene rings is 1. The van der Waals surface area contributed by atoms with E-state index in [0.717, 1.165) is 5.56 Å². The predicted octanol–water partition coefficient (Wildman–Crippen LogP) is 1.64. The first-order valence-corrected chi connectivity index (χ1v) is 4.73. The van der Waals surface area contributed by atoms with Gasteiger partial charge in [0, 0.05) is 12.0 Å². The Labute approximate surface area is 92.2 Å². The Kier molecular flexibility index (Phi) is 3.68. The first-order valence-electron chi connectivity index (χ1n) is 4.35. The molecule has 0 heterocycles. The third-order valence-corrected chi connectivity index (χ3v) is 2.26. The van der Waals surface area contributed by atoms with E-state index in [1.807, 2.05) is 0 Å². The summed E-state index contributed by atoms with van der Waals surface area (Å²) < 4.78 is 0. The van der Waals surface area contributed by atoms with Gasteiger partial charge in [-0.1, -0.05) is 17.7 Å². The van der Waals surface area contributed by atoms with Crippen LogP contribution in [0.4, 0.5) is 0 Å². The Bertz CT molecular complexity index is 404. The molecule has 0 radical (unpaired) electrons. The fraction of sp³-hybridized carbons (Fsp3) is 0.200. The SMILES string of the molecule is N=C(N)c1ccc(CCC(=O)O)cc1Cl. The molecule has 15 heavy (non-hydrogen) atoms. The Hall–Kier alpha value is -1.55. The minimum atomic E-state index is -0.846. The molecule has 0 unspecified atom stereocenters. The second kappa shape index (κ2) is 4.79. The number of aryl methyl sites for hydroxylation is 1. The number of hydrogen-bond acceptors (Lipinski definition) is 2. The fourth-order valence-corrected chi connectivity index (χ4v) is 1.49. The van der Waals surface area contributed by atoms with Crippen molar-refractivity contribution in [2.75, 3.05) is 0 Å². The molecule has 0 atom stereocenters. The summed E-state index contributed by atoms with van der Waals surface area (Å²) in [4.78, 5) is 10.3. The van der Waals surface area contributed by atoms with Crippen molar-refractivity contribution in [3.63, 3.8) is 0 Å². The van der Waals surface area contributed by atoms with Gasteiger partial charge in [0.05, 0.1) is 5.02 Å². The monoisotopic (exact) mass is 226 g/mol. The van der Waals surface area contributed by atoms with Crippen molar-refractivity contribution in [1.82, 2.24) is 0 Å². The highest BCUT2D eigenvalue weighted by Crippen LogP contribution is 2.18. The van der Waals surface area contributed by atoms with Crippen LogP contribution in [0.15, 0.2) is 18.2 Å². The molecule has 4 nitrogen and oxygen atoms in total. The van der Waals surface area contributed by atoms with Gasteiger partial charge in [-0.2, -0.15) is 0 Å². The number of nitrogens with two attached hydrogens (primary N) is 1. The molecule has 1 aromatic rings. The van der Waals surface area contributed by atoms with E-state index >= 15 is 0 Å². The molecule has 0 spiro atoms. The Morgan fingerprint density at radius 3 is 2.67 bits per heavy atom. The number of carbonyl (C=O) groups is 1. The number of nitrogens with one attached hydrogen (secondary N) is 1. The summed E-state index contributed by atoms with van der Waals surface area (Å²) in [5, 5.41) is 16.1. The summed E-state index contributed by atoms with van der Waals surface area (Å²) in [5.74, 6) is -0.938. The maximum atomic E-state index is 10.3. The average Bonchev–Trinajstić information content (AvgIpc) is 2.14. The van der Waals surface area contributed by atoms with E-state index in [2.05, 4.69) is 0 Å². The van der Waals surface area contributed by atoms with Crippen LogP contribution in [0.25, 0.3) is 0 Å². The Morgan fingerprint density at radius 1 is 1.53 bits per heavy atom. The molecule has 0 amide bonds. The van der Waals surface area contributed by atoms with Gasteiger partial charge in [0.25, 0.3) is 0 Å². The van der Waals surface area contributed by atoms with Crippen molar-refractivity contribution >= 4 is 23.4 Å². The van der Waals surface area contributed by atoms with Crippen LogP contribution in [0.3, 0.4) is 0 Å². The van der Waals surface area contributed by atoms with Crippen LogP contribution in [0.2, 0.25) is 5.02 Å². The first-order chi connectivity index (χ1) is 7.00. The molecule has 0 aliphatic heterocycles. The second-order valence-electron chi connectivity index (χ2n) is 3.12. The van der Waals surface area contributed by atoms with E-state index < -0.39 is 5.97 Å². The van der Waals surface area contributed by atoms with Gasteiger partial charge in [-0.3, -0.25) is 10.2 Å². The number of amidine groups is 1. The number of rotatable bonds is 4. The molecule has 80 valence electrons. The molecule has 4 N–H and O–H groups in total. The molecule has 0 aliphatic rings. The van der Waals surface area contributed by atoms with Gasteiger partial charge < -0.3 is 10.8 Å². The maximum Gasteiger partial charge on any atom is 0.303 e. The van der Waals surface area contributed by atoms with Crippen LogP contribution in [-0.2, 0) is 11.2 Å². The zero-order valence-electron chi connectivity index (χ0n) is 7.96. The topological polar surface area (TPSA) is 87.2 Å². The fourth-order valence-electron chi connectivity index (χ4n) is 1.18. The largest absolute Gasteiger partial charge is 0.481 e. The van der Waals surface area contributed by atoms with Crippen LogP contribution in [0.1, 0.15) is 17.5 Å². The summed E-state index contributed by atoms with van der Waals surface area (Å²) in [6, 6.07) is 4.99. The lowest BCUT2D eigenvalue weighted by Crippen LogP contribution is -2.11. The van der Waals surface area contributed by atoms with Gasteiger partial charge >= 0.3 is 5.97 Å². The molecule has 1 rings (SSSR count). The molecule has 0 saturated carbocycles. The molecular formula is C10H11ClN2O2. The van der Waals surface area contributed by atoms with Gasteiger partial charge in [0.1, 0.15) is 5.84 Å². The van der Waals surface area contributed by atoms with E-state index in [4.69, 9.17) is 27.9 Å². The number of aliphatic carboxylic acids is 1. The van der Waals surface area contributed by atoms with Crippen molar-refractivity contribution < 1.29 is 9.90 Å². The molecule has 0 saturated heterocycles. The second-order valence-corrected chi connectivity index (χ2v) is 3.53. The molecule has 0 aromatic heterocycles. The van der Waals surface area contributed by atoms with Crippen molar-refractivity contribution in [2.24, 2.45) is 5.73 Å². The van der Waals surface area contributed by atoms with Gasteiger partial charge in [-0.15, -0.1) is 0 Å². The van der Waals surface area contributed by atoms with Gasteiger partial charge in [0.2, 0.25) is 0 Å². The van der Waals surface area contributed by atoms with Crippen LogP contribution >= 0.6 is 11.6 Å². The van der Waals surface area contributed by atoms with Crippen molar-refractivity contribution in [2.45, 2.75) is 12.8 Å². The molecule has 5 heteroatoms. The van der Waals surface area contributed by atoms with Gasteiger partial charge in [-0.25, -0.2) is 0 Å². The van der Waals surface area contributed by atoms with E-state index in [0.29, 0.717) is 17.0 Å². The highest BCUT2D eigenvalue weighted by atomic mass is 35.5. The number of carboxylic acids is 1. The standard InChI is InChI=1S/C10H11ClN2O2/c11-8-5-6(2-4-9(14)15)1-3-7(8)10(12)13/h1,3,5H,2,4H2,(H3,12,13)(H,14,15). The highest BCUT2D eigenvalue weighted by molar-refractivity contribution is 6.34. The minimum Gasteiger partial charge on any atom is -0.481 e. The summed E-state index contributed by atoms with van der Waals surface area (Å²) in [6.45, 7) is 0. The Balaban J connectivity index is 2.82. The van der Waals surface area contributed by atoms with Gasteiger partial charge in [-0.05, 0) is 24.1 Å². The summed E-state index contributed by atoms with van der Waals surface area (Å²) in [5.41, 5.74) is 6.59. The number of nitrogen functional groups attached to an aromatic ring is 1. The maximum absolute atomic E-state index is 10.3. The third kappa shape index (κ3) is 3.25. The first kappa shape index (κ1) is 11.5. The zero-order chi connectivity index (χ0) is 11.4. The predicted molar refractivity (Wildman–Crippen MR) is 58.4 cm³/mol. The summed E-state index contributed by atoms with van der Waals surface area (Å²) in [7, 11) is 0. The van der Waals surface area contributed by atoms with Crippen LogP contribution in [0.5, 0.6) is 0 Å². The Morgan fingerprint density at radius 2 is 2.20 bits per heavy atom. The van der Waals surface area contributed by atoms with Gasteiger partial charge in [0.15, 0.2) is 0 Å². The van der Waals surface area contributed by atoms with E-state index in [9.17, 15) is 4.79 Å². The van der Waals surface area contributed by atoms with Crippen LogP contribution in [-0.4, -0.2) is 16.9 Å². The molecule has 1 aromatic carbocycles. The minimum absolute atomic E-state index is 0.0652. The molecule has 0 bridgehead atoms. The summed E-state index contributed by atoms with van der Waals surface area (Å²) in [6.07, 6.45) is 0.489. The lowest BCUT2D eigenvalue weighted by Gasteiger charge is -2.04. The smallest absolute Gasteiger partial charge is 0.303 e. The highest BCUT2D eigenvalue weighted by Gasteiger charge is 2.05. The summed E-state index contributed by atoms with van der Waals surface area (Å²) >= 11 is 5.87. The lowest BCUT2D eigenvalue weighted by atomic mass is 10.1. The molecule has 0 aliphatic carbocycles. The molecular weight excluding hydrogens is 216 g/mol. The van der Waals surface area contributed by atoms with E-state index in [1.165, 1.54) is 0 Å². The van der Waals surface area contributed by atoms with Crippen molar-refractivity contribution in [3.8, 4) is 0 Å². The van der Waals surface area contributed by atoms with Crippen LogP contribution < -0.4 is 5.73 Å². The zero-order valence-corrected chi connectivity index (χ0v) is 8.71. The third-order valence-electron chi connectivity index (χ3n) is 1.95. The van der Waals surface area contributed by atoms with E-state index in [1.54, 1.807) is 18.2 Å². The van der Waals surface area contributed by atoms with Crippen molar-refractivity contribution in [1.29, 1.82) is 5.41 Å². The number of hydrogen-bond donors (Lipinski definition) is 3. The molecule has 0 fully saturated rings. The number of halogens is 1. The quantitative estimate of drug-likeness (QED) is 0.539. The van der Waals surface area contributed by atoms with Crippen LogP contribution in [0, 0.1) is 5.41 Å². The van der Waals surface area contributed by atoms with Crippen molar-refractivity contribution in [3.05, 3.63) is 34.3 Å². The average molecular weight is 227 g/mol. The van der Waals surface area contributed by atoms with E-state index in [-0.39, 0.29) is 12.3 Å². The normalized spacial score (nSPS) is 9.93. The lowest BCUT2D eigenvalue weighted by molar-refractivity contribution is -0.136. The number of carboxylic acid groups (broad SMARTS) is 1.